The molecule has 32 heavy (non-hydrogen) atoms. The molecule has 2 fully saturated rings. The van der Waals surface area contributed by atoms with Crippen molar-refractivity contribution in [1.82, 2.24) is 9.47 Å². The van der Waals surface area contributed by atoms with E-state index in [1.54, 1.807) is 15.5 Å². The molecule has 1 saturated carbocycles. The largest absolute Gasteiger partial charge is 0.477 e. The van der Waals surface area contributed by atoms with Crippen molar-refractivity contribution in [3.63, 3.8) is 0 Å². The van der Waals surface area contributed by atoms with Gasteiger partial charge in [-0.2, -0.15) is 0 Å². The first kappa shape index (κ1) is 22.1. The number of amides is 1. The predicted octanol–water partition coefficient (Wildman–Crippen LogP) is 3.62. The lowest BCUT2D eigenvalue weighted by Gasteiger charge is -2.41. The van der Waals surface area contributed by atoms with E-state index >= 15 is 4.39 Å². The number of piperazine rings is 1. The number of halogens is 1. The minimum absolute atomic E-state index is 0.0680. The van der Waals surface area contributed by atoms with Crippen LogP contribution in [0.15, 0.2) is 23.1 Å². The first-order chi connectivity index (χ1) is 15.0. The molecule has 1 aliphatic carbocycles. The topological polar surface area (TPSA) is 92.1 Å². The minimum atomic E-state index is -1.32. The molecule has 0 spiro atoms. The molecule has 4 rings (SSSR count). The highest BCUT2D eigenvalue weighted by Crippen LogP contribution is 2.38. The Morgan fingerprint density at radius 2 is 1.88 bits per heavy atom. The number of carboxylic acid groups (broad SMARTS) is 1. The number of aromatic carboxylic acids is 1. The van der Waals surface area contributed by atoms with Gasteiger partial charge in [0.25, 0.3) is 0 Å². The van der Waals surface area contributed by atoms with Crippen molar-refractivity contribution in [3.05, 3.63) is 39.9 Å². The molecule has 172 valence electrons. The van der Waals surface area contributed by atoms with Crippen molar-refractivity contribution >= 4 is 28.7 Å². The first-order valence-corrected chi connectivity index (χ1v) is 10.8. The summed E-state index contributed by atoms with van der Waals surface area (Å²) >= 11 is 0. The molecular weight excluding hydrogens is 417 g/mol. The summed E-state index contributed by atoms with van der Waals surface area (Å²) in [5, 5.41) is 9.46. The van der Waals surface area contributed by atoms with E-state index in [9.17, 15) is 19.5 Å². The highest BCUT2D eigenvalue weighted by atomic mass is 19.1. The van der Waals surface area contributed by atoms with Crippen LogP contribution in [0.1, 0.15) is 56.9 Å². The summed E-state index contributed by atoms with van der Waals surface area (Å²) in [5.74, 6) is -1.90. The Morgan fingerprint density at radius 3 is 2.44 bits per heavy atom. The molecule has 1 atom stereocenters. The number of carboxylic acids is 1. The molecule has 2 aromatic rings. The van der Waals surface area contributed by atoms with Crippen molar-refractivity contribution in [3.8, 4) is 0 Å². The second-order valence-corrected chi connectivity index (χ2v) is 9.61. The summed E-state index contributed by atoms with van der Waals surface area (Å²) in [6, 6.07) is 2.68. The van der Waals surface area contributed by atoms with Crippen LogP contribution < -0.4 is 10.3 Å². The molecule has 1 saturated heterocycles. The van der Waals surface area contributed by atoms with Gasteiger partial charge in [0.1, 0.15) is 17.0 Å². The van der Waals surface area contributed by atoms with Crippen LogP contribution >= 0.6 is 0 Å². The number of nitrogens with zero attached hydrogens (tertiary/aromatic N) is 3. The summed E-state index contributed by atoms with van der Waals surface area (Å²) in [7, 11) is 0. The zero-order chi connectivity index (χ0) is 23.4. The zero-order valence-corrected chi connectivity index (χ0v) is 18.7. The number of carbonyl (C=O) groups is 2. The number of rotatable bonds is 3. The summed E-state index contributed by atoms with van der Waals surface area (Å²) < 4.78 is 22.4. The minimum Gasteiger partial charge on any atom is -0.477 e. The molecule has 9 heteroatoms. The second-order valence-electron chi connectivity index (χ2n) is 9.61. The van der Waals surface area contributed by atoms with Crippen LogP contribution in [0.5, 0.6) is 0 Å². The van der Waals surface area contributed by atoms with Gasteiger partial charge in [-0.25, -0.2) is 14.0 Å². The third-order valence-corrected chi connectivity index (χ3v) is 5.87. The Bertz CT molecular complexity index is 1150. The lowest BCUT2D eigenvalue weighted by molar-refractivity contribution is 0.0158. The highest BCUT2D eigenvalue weighted by molar-refractivity contribution is 5.93. The maximum absolute atomic E-state index is 15.1. The Morgan fingerprint density at radius 1 is 1.19 bits per heavy atom. The molecular formula is C23H28FN3O5. The van der Waals surface area contributed by atoms with E-state index < -0.39 is 28.9 Å². The SMILES string of the molecule is CC1CN(c2cc3c(cc2F)c(=O)c(C(=O)O)cn3C2CC2)CCN1C(=O)OC(C)(C)C. The standard InChI is InChI=1S/C23H28FN3O5/c1-13-11-25(7-8-26(13)22(31)32-23(2,3)4)19-10-18-15(9-17(19)24)20(28)16(21(29)30)12-27(18)14-5-6-14/h9-10,12-14H,5-8,11H2,1-4H3,(H,29,30). The van der Waals surface area contributed by atoms with Crippen molar-refractivity contribution < 1.29 is 23.8 Å². The predicted molar refractivity (Wildman–Crippen MR) is 118 cm³/mol. The Labute approximate surface area is 185 Å². The number of fused-ring (bicyclic) bond motifs is 1. The monoisotopic (exact) mass is 445 g/mol. The number of aromatic nitrogens is 1. The van der Waals surface area contributed by atoms with Gasteiger partial charge in [-0.3, -0.25) is 4.79 Å². The number of hydrogen-bond acceptors (Lipinski definition) is 5. The lowest BCUT2D eigenvalue weighted by atomic mass is 10.1. The van der Waals surface area contributed by atoms with E-state index in [4.69, 9.17) is 4.74 Å². The average Bonchev–Trinajstić information content (AvgIpc) is 3.51. The maximum Gasteiger partial charge on any atom is 0.410 e. The van der Waals surface area contributed by atoms with E-state index in [2.05, 4.69) is 0 Å². The van der Waals surface area contributed by atoms with Gasteiger partial charge in [-0.05, 0) is 52.7 Å². The van der Waals surface area contributed by atoms with Crippen LogP contribution in [0.2, 0.25) is 0 Å². The molecule has 1 aromatic heterocycles. The van der Waals surface area contributed by atoms with E-state index in [-0.39, 0.29) is 23.0 Å². The van der Waals surface area contributed by atoms with Crippen molar-refractivity contribution in [2.45, 2.75) is 58.2 Å². The maximum atomic E-state index is 15.1. The van der Waals surface area contributed by atoms with Crippen LogP contribution in [-0.2, 0) is 4.74 Å². The van der Waals surface area contributed by atoms with Crippen LogP contribution in [0, 0.1) is 5.82 Å². The van der Waals surface area contributed by atoms with Gasteiger partial charge in [-0.15, -0.1) is 0 Å². The van der Waals surface area contributed by atoms with Gasteiger partial charge >= 0.3 is 12.1 Å². The average molecular weight is 445 g/mol. The number of benzene rings is 1. The lowest BCUT2D eigenvalue weighted by Crippen LogP contribution is -2.55. The van der Waals surface area contributed by atoms with Gasteiger partial charge in [0.05, 0.1) is 11.2 Å². The number of hydrogen-bond donors (Lipinski definition) is 1. The normalized spacial score (nSPS) is 19.3. The number of pyridine rings is 1. The van der Waals surface area contributed by atoms with Gasteiger partial charge in [0.2, 0.25) is 5.43 Å². The molecule has 2 heterocycles. The van der Waals surface area contributed by atoms with Gasteiger partial charge in [-0.1, -0.05) is 0 Å². The van der Waals surface area contributed by atoms with Crippen molar-refractivity contribution in [1.29, 1.82) is 0 Å². The fourth-order valence-electron chi connectivity index (χ4n) is 4.18. The van der Waals surface area contributed by atoms with Gasteiger partial charge in [0, 0.05) is 43.3 Å². The van der Waals surface area contributed by atoms with Crippen LogP contribution in [-0.4, -0.2) is 57.9 Å². The summed E-state index contributed by atoms with van der Waals surface area (Å²) in [4.78, 5) is 40.1. The number of carbonyl (C=O) groups excluding carboxylic acids is 1. The molecule has 0 bridgehead atoms. The van der Waals surface area contributed by atoms with Crippen molar-refractivity contribution in [2.75, 3.05) is 24.5 Å². The Balaban J connectivity index is 1.67. The molecule has 1 aromatic carbocycles. The summed E-state index contributed by atoms with van der Waals surface area (Å²) in [6.45, 7) is 8.51. The molecule has 1 N–H and O–H groups in total. The molecule has 8 nitrogen and oxygen atoms in total. The number of anilines is 1. The Hall–Kier alpha value is -3.10. The smallest absolute Gasteiger partial charge is 0.410 e. The molecule has 2 aliphatic rings. The molecule has 0 radical (unpaired) electrons. The second kappa shape index (κ2) is 7.79. The van der Waals surface area contributed by atoms with Crippen molar-refractivity contribution in [2.24, 2.45) is 0 Å². The van der Waals surface area contributed by atoms with E-state index in [1.807, 2.05) is 32.6 Å². The zero-order valence-electron chi connectivity index (χ0n) is 18.7. The van der Waals surface area contributed by atoms with Crippen LogP contribution in [0.4, 0.5) is 14.9 Å². The highest BCUT2D eigenvalue weighted by Gasteiger charge is 2.33. The summed E-state index contributed by atoms with van der Waals surface area (Å²) in [6.07, 6.45) is 2.74. The van der Waals surface area contributed by atoms with Gasteiger partial charge in [0.15, 0.2) is 0 Å². The molecule has 1 amide bonds. The third kappa shape index (κ3) is 4.16. The molecule has 1 unspecified atom stereocenters. The fourth-order valence-corrected chi connectivity index (χ4v) is 4.18. The first-order valence-electron chi connectivity index (χ1n) is 10.8. The summed E-state index contributed by atoms with van der Waals surface area (Å²) in [5.41, 5.74) is -0.764. The Kier molecular flexibility index (Phi) is 5.38. The third-order valence-electron chi connectivity index (χ3n) is 5.87. The van der Waals surface area contributed by atoms with Crippen LogP contribution in [0.25, 0.3) is 10.9 Å². The quantitative estimate of drug-likeness (QED) is 0.776. The number of ether oxygens (including phenoxy) is 1. The van der Waals surface area contributed by atoms with E-state index in [0.717, 1.165) is 18.9 Å². The fraction of sp³-hybridized carbons (Fsp3) is 0.522. The van der Waals surface area contributed by atoms with E-state index in [1.165, 1.54) is 6.20 Å². The van der Waals surface area contributed by atoms with Crippen LogP contribution in [0.3, 0.4) is 0 Å². The van der Waals surface area contributed by atoms with Gasteiger partial charge < -0.3 is 24.2 Å². The molecule has 1 aliphatic heterocycles. The van der Waals surface area contributed by atoms with E-state index in [0.29, 0.717) is 30.8 Å².